The van der Waals surface area contributed by atoms with Crippen LogP contribution in [-0.4, -0.2) is 10.7 Å². The van der Waals surface area contributed by atoms with Crippen LogP contribution in [0.1, 0.15) is 40.5 Å². The minimum Gasteiger partial charge on any atom is -0.390 e. The fourth-order valence-corrected chi connectivity index (χ4v) is 1.52. The number of hydrogen-bond donors (Lipinski definition) is 1. The third-order valence-electron chi connectivity index (χ3n) is 1.54. The van der Waals surface area contributed by atoms with Crippen LogP contribution in [0.2, 0.25) is 0 Å². The second-order valence-electron chi connectivity index (χ2n) is 4.28. The molecule has 0 saturated heterocycles. The van der Waals surface area contributed by atoms with Gasteiger partial charge in [-0.05, 0) is 39.5 Å². The molecule has 0 saturated carbocycles. The van der Waals surface area contributed by atoms with Crippen molar-refractivity contribution in [3.63, 3.8) is 0 Å². The van der Waals surface area contributed by atoms with Crippen LogP contribution in [0.3, 0.4) is 0 Å². The Morgan fingerprint density at radius 3 is 2.27 bits per heavy atom. The molecule has 0 aliphatic carbocycles. The minimum absolute atomic E-state index is 0.533. The van der Waals surface area contributed by atoms with Crippen LogP contribution in [-0.2, 0) is 0 Å². The average Bonchev–Trinajstić information content (AvgIpc) is 1.53. The normalized spacial score (nSPS) is 14.6. The van der Waals surface area contributed by atoms with Crippen LogP contribution in [0, 0.1) is 5.92 Å². The maximum atomic E-state index is 9.47. The fourth-order valence-electron chi connectivity index (χ4n) is 1.52. The lowest BCUT2D eigenvalue weighted by atomic mass is 9.91. The Balaban J connectivity index is 3.69. The number of rotatable bonds is 4. The number of hydrogen-bond acceptors (Lipinski definition) is 1. The molecule has 0 aromatic rings. The van der Waals surface area contributed by atoms with Gasteiger partial charge >= 0.3 is 0 Å². The first-order chi connectivity index (χ1) is 4.81. The van der Waals surface area contributed by atoms with Crippen molar-refractivity contribution in [3.05, 3.63) is 12.2 Å². The molecular formula is C10H20O. The van der Waals surface area contributed by atoms with Crippen LogP contribution in [0.5, 0.6) is 0 Å². The molecule has 0 rings (SSSR count). The Bertz CT molecular complexity index is 130. The lowest BCUT2D eigenvalue weighted by molar-refractivity contribution is 0.0553. The van der Waals surface area contributed by atoms with Gasteiger partial charge in [-0.15, -0.1) is 6.58 Å². The van der Waals surface area contributed by atoms with E-state index >= 15 is 0 Å². The monoisotopic (exact) mass is 156 g/mol. The average molecular weight is 156 g/mol. The second-order valence-corrected chi connectivity index (χ2v) is 4.28. The predicted molar refractivity (Wildman–Crippen MR) is 49.5 cm³/mol. The quantitative estimate of drug-likeness (QED) is 0.620. The van der Waals surface area contributed by atoms with Crippen molar-refractivity contribution >= 4 is 0 Å². The van der Waals surface area contributed by atoms with Gasteiger partial charge in [0.15, 0.2) is 0 Å². The predicted octanol–water partition coefficient (Wildman–Crippen LogP) is 2.75. The Morgan fingerprint density at radius 2 is 2.00 bits per heavy atom. The Morgan fingerprint density at radius 1 is 1.55 bits per heavy atom. The van der Waals surface area contributed by atoms with Gasteiger partial charge in [-0.3, -0.25) is 0 Å². The first-order valence-corrected chi connectivity index (χ1v) is 4.18. The first-order valence-electron chi connectivity index (χ1n) is 4.18. The summed E-state index contributed by atoms with van der Waals surface area (Å²) in [5.41, 5.74) is 0.663. The molecule has 0 aliphatic rings. The third-order valence-corrected chi connectivity index (χ3v) is 1.54. The molecule has 0 aliphatic heterocycles. The second kappa shape index (κ2) is 3.91. The summed E-state index contributed by atoms with van der Waals surface area (Å²) in [6.45, 7) is 11.7. The molecule has 0 aromatic carbocycles. The highest BCUT2D eigenvalue weighted by molar-refractivity contribution is 4.90. The van der Waals surface area contributed by atoms with E-state index < -0.39 is 5.60 Å². The molecule has 0 bridgehead atoms. The van der Waals surface area contributed by atoms with E-state index in [1.54, 1.807) is 0 Å². The van der Waals surface area contributed by atoms with Crippen molar-refractivity contribution in [2.75, 3.05) is 0 Å². The SMILES string of the molecule is C=C(C)CC(C)CC(C)(C)O. The van der Waals surface area contributed by atoms with Crippen molar-refractivity contribution in [2.45, 2.75) is 46.1 Å². The summed E-state index contributed by atoms with van der Waals surface area (Å²) >= 11 is 0. The molecular weight excluding hydrogens is 136 g/mol. The van der Waals surface area contributed by atoms with E-state index in [9.17, 15) is 5.11 Å². The molecule has 1 N–H and O–H groups in total. The van der Waals surface area contributed by atoms with E-state index in [0.717, 1.165) is 12.8 Å². The zero-order valence-electron chi connectivity index (χ0n) is 8.15. The summed E-state index contributed by atoms with van der Waals surface area (Å²) in [6, 6.07) is 0. The van der Waals surface area contributed by atoms with Crippen LogP contribution in [0.25, 0.3) is 0 Å². The summed E-state index contributed by atoms with van der Waals surface area (Å²) in [5, 5.41) is 9.47. The lowest BCUT2D eigenvalue weighted by Crippen LogP contribution is -2.22. The van der Waals surface area contributed by atoms with Crippen molar-refractivity contribution in [1.82, 2.24) is 0 Å². The van der Waals surface area contributed by atoms with Crippen LogP contribution in [0.4, 0.5) is 0 Å². The molecule has 1 nitrogen and oxygen atoms in total. The standard InChI is InChI=1S/C10H20O/c1-8(2)6-9(3)7-10(4,5)11/h9,11H,1,6-7H2,2-5H3. The van der Waals surface area contributed by atoms with Gasteiger partial charge in [0, 0.05) is 0 Å². The topological polar surface area (TPSA) is 20.2 Å². The van der Waals surface area contributed by atoms with Crippen molar-refractivity contribution < 1.29 is 5.11 Å². The number of allylic oxidation sites excluding steroid dienone is 1. The van der Waals surface area contributed by atoms with Gasteiger partial charge in [0.1, 0.15) is 0 Å². The molecule has 0 spiro atoms. The Labute approximate surface area is 70.1 Å². The van der Waals surface area contributed by atoms with Gasteiger partial charge in [-0.2, -0.15) is 0 Å². The molecule has 1 heteroatoms. The van der Waals surface area contributed by atoms with E-state index in [0.29, 0.717) is 5.92 Å². The van der Waals surface area contributed by atoms with Crippen molar-refractivity contribution in [1.29, 1.82) is 0 Å². The van der Waals surface area contributed by atoms with Gasteiger partial charge in [0.05, 0.1) is 5.60 Å². The summed E-state index contributed by atoms with van der Waals surface area (Å²) in [6.07, 6.45) is 1.86. The van der Waals surface area contributed by atoms with Gasteiger partial charge < -0.3 is 5.11 Å². The van der Waals surface area contributed by atoms with Gasteiger partial charge in [0.25, 0.3) is 0 Å². The first kappa shape index (κ1) is 10.7. The summed E-state index contributed by atoms with van der Waals surface area (Å²) < 4.78 is 0. The van der Waals surface area contributed by atoms with E-state index in [-0.39, 0.29) is 0 Å². The van der Waals surface area contributed by atoms with Crippen molar-refractivity contribution in [3.8, 4) is 0 Å². The lowest BCUT2D eigenvalue weighted by Gasteiger charge is -2.21. The van der Waals surface area contributed by atoms with E-state index in [2.05, 4.69) is 13.5 Å². The Kier molecular flexibility index (Phi) is 3.81. The highest BCUT2D eigenvalue weighted by Gasteiger charge is 2.16. The maximum Gasteiger partial charge on any atom is 0.0594 e. The molecule has 11 heavy (non-hydrogen) atoms. The highest BCUT2D eigenvalue weighted by Crippen LogP contribution is 2.20. The zero-order valence-corrected chi connectivity index (χ0v) is 8.15. The van der Waals surface area contributed by atoms with E-state index in [1.807, 2.05) is 20.8 Å². The van der Waals surface area contributed by atoms with E-state index in [1.165, 1.54) is 5.57 Å². The molecule has 0 fully saturated rings. The Hall–Kier alpha value is -0.300. The third kappa shape index (κ3) is 7.60. The summed E-state index contributed by atoms with van der Waals surface area (Å²) in [7, 11) is 0. The highest BCUT2D eigenvalue weighted by atomic mass is 16.3. The molecule has 0 amide bonds. The minimum atomic E-state index is -0.533. The largest absolute Gasteiger partial charge is 0.390 e. The molecule has 0 radical (unpaired) electrons. The molecule has 66 valence electrons. The molecule has 1 atom stereocenters. The summed E-state index contributed by atoms with van der Waals surface area (Å²) in [4.78, 5) is 0. The zero-order chi connectivity index (χ0) is 9.07. The van der Waals surface area contributed by atoms with Crippen molar-refractivity contribution in [2.24, 2.45) is 5.92 Å². The summed E-state index contributed by atoms with van der Waals surface area (Å²) in [5.74, 6) is 0.535. The van der Waals surface area contributed by atoms with E-state index in [4.69, 9.17) is 0 Å². The fraction of sp³-hybridized carbons (Fsp3) is 0.800. The number of aliphatic hydroxyl groups is 1. The molecule has 0 heterocycles. The van der Waals surface area contributed by atoms with Crippen LogP contribution >= 0.6 is 0 Å². The smallest absolute Gasteiger partial charge is 0.0594 e. The van der Waals surface area contributed by atoms with Gasteiger partial charge in [-0.1, -0.05) is 12.5 Å². The maximum absolute atomic E-state index is 9.47. The van der Waals surface area contributed by atoms with Crippen LogP contribution in [0.15, 0.2) is 12.2 Å². The van der Waals surface area contributed by atoms with Gasteiger partial charge in [0.2, 0.25) is 0 Å². The molecule has 0 aromatic heterocycles. The van der Waals surface area contributed by atoms with Gasteiger partial charge in [-0.25, -0.2) is 0 Å². The molecule has 1 unspecified atom stereocenters. The van der Waals surface area contributed by atoms with Crippen LogP contribution < -0.4 is 0 Å².